The summed E-state index contributed by atoms with van der Waals surface area (Å²) in [6.45, 7) is 2.95. The van der Waals surface area contributed by atoms with Crippen LogP contribution in [0.1, 0.15) is 38.2 Å². The first-order valence-electron chi connectivity index (χ1n) is 6.92. The van der Waals surface area contributed by atoms with Crippen molar-refractivity contribution >= 4 is 23.5 Å². The highest BCUT2D eigenvalue weighted by atomic mass is 35.5. The zero-order valence-corrected chi connectivity index (χ0v) is 12.8. The molecule has 1 rings (SSSR count). The van der Waals surface area contributed by atoms with E-state index in [0.717, 1.165) is 18.4 Å². The first-order valence-corrected chi connectivity index (χ1v) is 7.30. The molecule has 0 aliphatic rings. The van der Waals surface area contributed by atoms with Gasteiger partial charge in [0.15, 0.2) is 0 Å². The molecule has 0 aromatic heterocycles. The van der Waals surface area contributed by atoms with E-state index in [-0.39, 0.29) is 25.3 Å². The molecular formula is C15H20ClNO4. The smallest absolute Gasteiger partial charge is 0.303 e. The number of carboxylic acid groups (broad SMARTS) is 1. The molecule has 0 unspecified atom stereocenters. The quantitative estimate of drug-likeness (QED) is 0.687. The molecule has 0 spiro atoms. The van der Waals surface area contributed by atoms with Crippen LogP contribution in [0.4, 0.5) is 0 Å². The fourth-order valence-electron chi connectivity index (χ4n) is 1.66. The molecule has 0 heterocycles. The Labute approximate surface area is 129 Å². The summed E-state index contributed by atoms with van der Waals surface area (Å²) in [4.78, 5) is 21.9. The van der Waals surface area contributed by atoms with Gasteiger partial charge in [0, 0.05) is 23.6 Å². The molecule has 0 bridgehead atoms. The summed E-state index contributed by atoms with van der Waals surface area (Å²) in [5, 5.41) is 11.8. The van der Waals surface area contributed by atoms with E-state index in [0.29, 0.717) is 17.4 Å². The average molecular weight is 314 g/mol. The van der Waals surface area contributed by atoms with Gasteiger partial charge in [-0.05, 0) is 24.6 Å². The van der Waals surface area contributed by atoms with Crippen LogP contribution in [-0.4, -0.2) is 23.6 Å². The second-order valence-electron chi connectivity index (χ2n) is 4.62. The maximum atomic E-state index is 11.5. The Morgan fingerprint density at radius 2 is 2.10 bits per heavy atom. The van der Waals surface area contributed by atoms with Crippen LogP contribution in [0.3, 0.4) is 0 Å². The fourth-order valence-corrected chi connectivity index (χ4v) is 1.85. The van der Waals surface area contributed by atoms with Gasteiger partial charge in [0.05, 0.1) is 13.0 Å². The van der Waals surface area contributed by atoms with Gasteiger partial charge in [-0.1, -0.05) is 24.9 Å². The molecule has 0 aliphatic heterocycles. The molecule has 6 heteroatoms. The predicted octanol–water partition coefficient (Wildman–Crippen LogP) is 3.00. The van der Waals surface area contributed by atoms with Crippen LogP contribution in [0.25, 0.3) is 0 Å². The Hall–Kier alpha value is -1.75. The number of amides is 1. The second kappa shape index (κ2) is 9.23. The van der Waals surface area contributed by atoms with Gasteiger partial charge >= 0.3 is 5.97 Å². The van der Waals surface area contributed by atoms with E-state index in [9.17, 15) is 9.59 Å². The molecule has 0 fully saturated rings. The number of carboxylic acids is 1. The van der Waals surface area contributed by atoms with E-state index in [1.165, 1.54) is 0 Å². The van der Waals surface area contributed by atoms with E-state index >= 15 is 0 Å². The van der Waals surface area contributed by atoms with Gasteiger partial charge in [-0.25, -0.2) is 0 Å². The first kappa shape index (κ1) is 17.3. The van der Waals surface area contributed by atoms with Gasteiger partial charge in [-0.2, -0.15) is 0 Å². The maximum absolute atomic E-state index is 11.5. The van der Waals surface area contributed by atoms with Crippen LogP contribution in [-0.2, 0) is 16.1 Å². The normalized spacial score (nSPS) is 10.2. The molecular weight excluding hydrogens is 294 g/mol. The van der Waals surface area contributed by atoms with Gasteiger partial charge in [-0.15, -0.1) is 0 Å². The number of carbonyl (C=O) groups is 2. The van der Waals surface area contributed by atoms with Crippen LogP contribution in [0.5, 0.6) is 5.75 Å². The second-order valence-corrected chi connectivity index (χ2v) is 5.06. The number of benzene rings is 1. The van der Waals surface area contributed by atoms with Crippen molar-refractivity contribution in [3.63, 3.8) is 0 Å². The number of aliphatic carboxylic acids is 1. The van der Waals surface area contributed by atoms with Crippen molar-refractivity contribution in [2.75, 3.05) is 6.61 Å². The molecule has 1 amide bonds. The molecule has 0 saturated carbocycles. The molecule has 0 atom stereocenters. The first-order chi connectivity index (χ1) is 10.0. The summed E-state index contributed by atoms with van der Waals surface area (Å²) >= 11 is 5.95. The SMILES string of the molecule is CCCCOc1ccc(Cl)cc1CNC(=O)CCC(=O)O. The van der Waals surface area contributed by atoms with Crippen LogP contribution < -0.4 is 10.1 Å². The zero-order valence-electron chi connectivity index (χ0n) is 12.0. The number of hydrogen-bond acceptors (Lipinski definition) is 3. The standard InChI is InChI=1S/C15H20ClNO4/c1-2-3-8-21-13-5-4-12(16)9-11(13)10-17-14(18)6-7-15(19)20/h4-5,9H,2-3,6-8,10H2,1H3,(H,17,18)(H,19,20). The third kappa shape index (κ3) is 6.99. The van der Waals surface area contributed by atoms with Crippen molar-refractivity contribution in [3.8, 4) is 5.75 Å². The summed E-state index contributed by atoms with van der Waals surface area (Å²) in [5.74, 6) is -0.611. The van der Waals surface area contributed by atoms with Crippen molar-refractivity contribution < 1.29 is 19.4 Å². The third-order valence-electron chi connectivity index (χ3n) is 2.82. The Morgan fingerprint density at radius 3 is 2.76 bits per heavy atom. The van der Waals surface area contributed by atoms with Crippen molar-refractivity contribution in [2.24, 2.45) is 0 Å². The van der Waals surface area contributed by atoms with Crippen molar-refractivity contribution in [3.05, 3.63) is 28.8 Å². The number of carbonyl (C=O) groups excluding carboxylic acids is 1. The summed E-state index contributed by atoms with van der Waals surface area (Å²) in [7, 11) is 0. The van der Waals surface area contributed by atoms with E-state index in [1.807, 2.05) is 0 Å². The van der Waals surface area contributed by atoms with E-state index < -0.39 is 5.97 Å². The molecule has 0 aliphatic carbocycles. The molecule has 1 aromatic carbocycles. The maximum Gasteiger partial charge on any atom is 0.303 e. The molecule has 116 valence electrons. The van der Waals surface area contributed by atoms with Crippen LogP contribution >= 0.6 is 11.6 Å². The van der Waals surface area contributed by atoms with Gasteiger partial charge in [-0.3, -0.25) is 9.59 Å². The fraction of sp³-hybridized carbons (Fsp3) is 0.467. The Morgan fingerprint density at radius 1 is 1.33 bits per heavy atom. The van der Waals surface area contributed by atoms with Gasteiger partial charge in [0.25, 0.3) is 0 Å². The van der Waals surface area contributed by atoms with Crippen molar-refractivity contribution in [2.45, 2.75) is 39.2 Å². The minimum absolute atomic E-state index is 0.0398. The Balaban J connectivity index is 2.57. The monoisotopic (exact) mass is 313 g/mol. The minimum Gasteiger partial charge on any atom is -0.493 e. The lowest BCUT2D eigenvalue weighted by atomic mass is 10.2. The molecule has 21 heavy (non-hydrogen) atoms. The van der Waals surface area contributed by atoms with Gasteiger partial charge in [0.2, 0.25) is 5.91 Å². The predicted molar refractivity (Wildman–Crippen MR) is 80.6 cm³/mol. The molecule has 1 aromatic rings. The Kier molecular flexibility index (Phi) is 7.61. The van der Waals surface area contributed by atoms with Crippen molar-refractivity contribution in [1.29, 1.82) is 0 Å². The van der Waals surface area contributed by atoms with Gasteiger partial charge in [0.1, 0.15) is 5.75 Å². The lowest BCUT2D eigenvalue weighted by Gasteiger charge is -2.12. The number of nitrogens with one attached hydrogen (secondary N) is 1. The van der Waals surface area contributed by atoms with Crippen LogP contribution in [0, 0.1) is 0 Å². The van der Waals surface area contributed by atoms with E-state index in [1.54, 1.807) is 18.2 Å². The number of hydrogen-bond donors (Lipinski definition) is 2. The van der Waals surface area contributed by atoms with Gasteiger partial charge < -0.3 is 15.2 Å². The highest BCUT2D eigenvalue weighted by molar-refractivity contribution is 6.30. The number of rotatable bonds is 9. The minimum atomic E-state index is -0.989. The largest absolute Gasteiger partial charge is 0.493 e. The number of ether oxygens (including phenoxy) is 1. The number of unbranched alkanes of at least 4 members (excludes halogenated alkanes) is 1. The molecule has 2 N–H and O–H groups in total. The topological polar surface area (TPSA) is 75.6 Å². The van der Waals surface area contributed by atoms with Crippen molar-refractivity contribution in [1.82, 2.24) is 5.32 Å². The molecule has 0 saturated heterocycles. The highest BCUT2D eigenvalue weighted by Crippen LogP contribution is 2.23. The summed E-state index contributed by atoms with van der Waals surface area (Å²) in [6, 6.07) is 5.25. The lowest BCUT2D eigenvalue weighted by molar-refractivity contribution is -0.138. The number of halogens is 1. The Bertz CT molecular complexity index is 491. The lowest BCUT2D eigenvalue weighted by Crippen LogP contribution is -2.23. The molecule has 0 radical (unpaired) electrons. The van der Waals surface area contributed by atoms with Crippen LogP contribution in [0.2, 0.25) is 5.02 Å². The van der Waals surface area contributed by atoms with Crippen LogP contribution in [0.15, 0.2) is 18.2 Å². The summed E-state index contributed by atoms with van der Waals surface area (Å²) < 4.78 is 5.66. The van der Waals surface area contributed by atoms with E-state index in [4.69, 9.17) is 21.4 Å². The zero-order chi connectivity index (χ0) is 15.7. The van der Waals surface area contributed by atoms with E-state index in [2.05, 4.69) is 12.2 Å². The molecule has 5 nitrogen and oxygen atoms in total. The third-order valence-corrected chi connectivity index (χ3v) is 3.06. The highest BCUT2D eigenvalue weighted by Gasteiger charge is 2.08. The summed E-state index contributed by atoms with van der Waals surface area (Å²) in [6.07, 6.45) is 1.77. The average Bonchev–Trinajstić information content (AvgIpc) is 2.45. The summed E-state index contributed by atoms with van der Waals surface area (Å²) in [5.41, 5.74) is 0.780.